The molecule has 0 radical (unpaired) electrons. The highest BCUT2D eigenvalue weighted by atomic mass is 31.2. The van der Waals surface area contributed by atoms with E-state index in [0.29, 0.717) is 32.5 Å². The highest BCUT2D eigenvalue weighted by Gasteiger charge is 2.42. The molecule has 158 valence electrons. The van der Waals surface area contributed by atoms with Crippen LogP contribution in [0.1, 0.15) is 46.0 Å². The van der Waals surface area contributed by atoms with Gasteiger partial charge in [-0.3, -0.25) is 0 Å². The van der Waals surface area contributed by atoms with E-state index in [4.69, 9.17) is 9.47 Å². The lowest BCUT2D eigenvalue weighted by atomic mass is 10.0. The van der Waals surface area contributed by atoms with Crippen molar-refractivity contribution in [3.63, 3.8) is 0 Å². The Balaban J connectivity index is 2.00. The summed E-state index contributed by atoms with van der Waals surface area (Å²) in [6.45, 7) is 5.20. The first kappa shape index (κ1) is 22.2. The molecule has 2 aromatic carbocycles. The predicted octanol–water partition coefficient (Wildman–Crippen LogP) is 4.46. The topological polar surface area (TPSA) is 55.8 Å². The minimum absolute atomic E-state index is 0.386. The van der Waals surface area contributed by atoms with Gasteiger partial charge in [-0.1, -0.05) is 80.4 Å². The molecule has 1 N–H and O–H groups in total. The Morgan fingerprint density at radius 1 is 0.966 bits per heavy atom. The molecule has 0 amide bonds. The number of aliphatic hydroxyl groups is 1. The molecule has 2 atom stereocenters. The molecule has 0 saturated carbocycles. The van der Waals surface area contributed by atoms with Crippen LogP contribution in [0.15, 0.2) is 60.7 Å². The van der Waals surface area contributed by atoms with Gasteiger partial charge in [-0.2, -0.15) is 0 Å². The van der Waals surface area contributed by atoms with Gasteiger partial charge in [0.1, 0.15) is 7.14 Å². The van der Waals surface area contributed by atoms with Crippen molar-refractivity contribution in [3.05, 3.63) is 60.7 Å². The molecular weight excluding hydrogens is 383 g/mol. The Hall–Kier alpha value is -1.45. The summed E-state index contributed by atoms with van der Waals surface area (Å²) in [4.78, 5) is 0. The van der Waals surface area contributed by atoms with Crippen LogP contribution in [-0.2, 0) is 14.0 Å². The summed E-state index contributed by atoms with van der Waals surface area (Å²) in [7, 11) is -3.08. The van der Waals surface area contributed by atoms with Crippen LogP contribution in [0.5, 0.6) is 0 Å². The Morgan fingerprint density at radius 3 is 1.97 bits per heavy atom. The van der Waals surface area contributed by atoms with E-state index in [1.807, 2.05) is 67.6 Å². The molecule has 0 aromatic heterocycles. The minimum atomic E-state index is -3.08. The molecule has 1 aliphatic rings. The summed E-state index contributed by atoms with van der Waals surface area (Å²) in [5, 5.41) is 12.8. The van der Waals surface area contributed by atoms with Gasteiger partial charge in [-0.15, -0.1) is 0 Å². The molecule has 3 rings (SSSR count). The van der Waals surface area contributed by atoms with Crippen molar-refractivity contribution in [2.24, 2.45) is 0 Å². The van der Waals surface area contributed by atoms with E-state index in [1.165, 1.54) is 0 Å². The van der Waals surface area contributed by atoms with Crippen LogP contribution >= 0.6 is 7.14 Å². The van der Waals surface area contributed by atoms with Crippen molar-refractivity contribution in [1.82, 2.24) is 0 Å². The fourth-order valence-corrected chi connectivity index (χ4v) is 7.58. The number of hydrogen-bond donors (Lipinski definition) is 1. The molecule has 1 heterocycles. The fourth-order valence-electron chi connectivity index (χ4n) is 4.16. The zero-order chi connectivity index (χ0) is 20.7. The second kappa shape index (κ2) is 10.0. The normalized spacial score (nSPS) is 18.4. The van der Waals surface area contributed by atoms with Gasteiger partial charge in [0.05, 0.1) is 19.3 Å². The van der Waals surface area contributed by atoms with Crippen LogP contribution in [0.25, 0.3) is 0 Å². The van der Waals surface area contributed by atoms with Crippen LogP contribution < -0.4 is 10.6 Å². The van der Waals surface area contributed by atoms with Gasteiger partial charge < -0.3 is 19.1 Å². The summed E-state index contributed by atoms with van der Waals surface area (Å²) < 4.78 is 26.4. The van der Waals surface area contributed by atoms with Gasteiger partial charge in [0.25, 0.3) is 0 Å². The molecule has 1 aliphatic heterocycles. The maximum atomic E-state index is 14.8. The molecule has 5 heteroatoms. The van der Waals surface area contributed by atoms with Crippen molar-refractivity contribution >= 4 is 17.8 Å². The zero-order valence-electron chi connectivity index (χ0n) is 17.5. The van der Waals surface area contributed by atoms with E-state index in [9.17, 15) is 9.67 Å². The number of benzene rings is 2. The third kappa shape index (κ3) is 5.19. The average molecular weight is 416 g/mol. The van der Waals surface area contributed by atoms with Crippen molar-refractivity contribution in [2.75, 3.05) is 13.2 Å². The van der Waals surface area contributed by atoms with E-state index in [1.54, 1.807) is 0 Å². The maximum absolute atomic E-state index is 14.8. The van der Waals surface area contributed by atoms with Crippen molar-refractivity contribution in [3.8, 4) is 0 Å². The first-order valence-electron chi connectivity index (χ1n) is 10.7. The Kier molecular flexibility index (Phi) is 7.70. The van der Waals surface area contributed by atoms with Gasteiger partial charge >= 0.3 is 0 Å². The fraction of sp³-hybridized carbons (Fsp3) is 0.500. The molecule has 2 aromatic rings. The number of unbranched alkanes of at least 4 members (excludes halogenated alkanes) is 1. The third-order valence-corrected chi connectivity index (χ3v) is 9.50. The highest BCUT2D eigenvalue weighted by molar-refractivity contribution is 7.79. The van der Waals surface area contributed by atoms with Crippen molar-refractivity contribution < 1.29 is 19.1 Å². The quantitative estimate of drug-likeness (QED) is 0.581. The molecule has 0 bridgehead atoms. The van der Waals surface area contributed by atoms with E-state index < -0.39 is 19.0 Å². The largest absolute Gasteiger partial charge is 0.392 e. The first-order chi connectivity index (χ1) is 14.0. The van der Waals surface area contributed by atoms with Crippen LogP contribution in [-0.4, -0.2) is 35.9 Å². The minimum Gasteiger partial charge on any atom is -0.392 e. The second-order valence-electron chi connectivity index (χ2n) is 7.98. The van der Waals surface area contributed by atoms with Gasteiger partial charge in [-0.25, -0.2) is 0 Å². The van der Waals surface area contributed by atoms with Crippen LogP contribution in [0.3, 0.4) is 0 Å². The third-order valence-electron chi connectivity index (χ3n) is 5.84. The van der Waals surface area contributed by atoms with E-state index in [0.717, 1.165) is 23.5 Å². The summed E-state index contributed by atoms with van der Waals surface area (Å²) in [6.07, 6.45) is 3.07. The maximum Gasteiger partial charge on any atom is 0.165 e. The average Bonchev–Trinajstić information content (AvgIpc) is 3.20. The molecule has 0 spiro atoms. The van der Waals surface area contributed by atoms with Crippen molar-refractivity contribution in [1.29, 1.82) is 0 Å². The second-order valence-corrected chi connectivity index (χ2v) is 11.0. The van der Waals surface area contributed by atoms with Crippen LogP contribution in [0.2, 0.25) is 0 Å². The first-order valence-corrected chi connectivity index (χ1v) is 12.4. The predicted molar refractivity (Wildman–Crippen MR) is 119 cm³/mol. The van der Waals surface area contributed by atoms with Gasteiger partial charge in [-0.05, 0) is 19.8 Å². The van der Waals surface area contributed by atoms with Crippen LogP contribution in [0, 0.1) is 0 Å². The number of rotatable bonds is 10. The molecular formula is C24H33O4P. The van der Waals surface area contributed by atoms with Crippen molar-refractivity contribution in [2.45, 2.75) is 63.5 Å². The number of aliphatic hydroxyl groups excluding tert-OH is 1. The summed E-state index contributed by atoms with van der Waals surface area (Å²) in [6, 6.07) is 19.3. The lowest BCUT2D eigenvalue weighted by Crippen LogP contribution is -2.37. The molecule has 0 unspecified atom stereocenters. The SMILES string of the molecule is CCCC[C@H](O)[C@H](CCC1(C)OCCO1)P(=O)(c1ccccc1)c1ccccc1. The molecule has 0 aliphatic carbocycles. The van der Waals surface area contributed by atoms with E-state index in [2.05, 4.69) is 6.92 Å². The Bertz CT molecular complexity index is 744. The smallest absolute Gasteiger partial charge is 0.165 e. The molecule has 1 saturated heterocycles. The zero-order valence-corrected chi connectivity index (χ0v) is 18.4. The lowest BCUT2D eigenvalue weighted by molar-refractivity contribution is -0.148. The monoisotopic (exact) mass is 416 g/mol. The molecule has 29 heavy (non-hydrogen) atoms. The summed E-state index contributed by atoms with van der Waals surface area (Å²) in [5.74, 6) is -0.666. The van der Waals surface area contributed by atoms with Gasteiger partial charge in [0.15, 0.2) is 5.79 Å². The molecule has 1 fully saturated rings. The van der Waals surface area contributed by atoms with Gasteiger partial charge in [0, 0.05) is 22.7 Å². The standard InChI is InChI=1S/C24H33O4P/c1-3-4-15-22(25)23(16-17-24(2)27-18-19-28-24)29(26,20-11-7-5-8-12-20)21-13-9-6-10-14-21/h5-14,22-23,25H,3-4,15-19H2,1-2H3/t22-,23-/m0/s1. The lowest BCUT2D eigenvalue weighted by Gasteiger charge is -2.34. The summed E-state index contributed by atoms with van der Waals surface area (Å²) in [5.41, 5.74) is -0.386. The number of ether oxygens (including phenoxy) is 2. The Labute approximate surface area is 174 Å². The van der Waals surface area contributed by atoms with Crippen LogP contribution in [0.4, 0.5) is 0 Å². The van der Waals surface area contributed by atoms with E-state index >= 15 is 0 Å². The number of hydrogen-bond acceptors (Lipinski definition) is 4. The Morgan fingerprint density at radius 2 is 1.48 bits per heavy atom. The van der Waals surface area contributed by atoms with Gasteiger partial charge in [0.2, 0.25) is 0 Å². The molecule has 4 nitrogen and oxygen atoms in total. The summed E-state index contributed by atoms with van der Waals surface area (Å²) >= 11 is 0. The van der Waals surface area contributed by atoms with E-state index in [-0.39, 0.29) is 5.66 Å². The highest BCUT2D eigenvalue weighted by Crippen LogP contribution is 2.53.